The average Bonchev–Trinajstić information content (AvgIpc) is 3.20. The Kier molecular flexibility index (Phi) is 4.43. The molecule has 0 radical (unpaired) electrons. The van der Waals surface area contributed by atoms with E-state index >= 15 is 0 Å². The van der Waals surface area contributed by atoms with E-state index in [1.54, 1.807) is 42.5 Å². The molecule has 3 rings (SSSR count). The molecule has 0 unspecified atom stereocenters. The molecule has 3 aromatic rings. The number of thiazole rings is 1. The Bertz CT molecular complexity index is 779. The van der Waals surface area contributed by atoms with Crippen LogP contribution in [-0.4, -0.2) is 27.9 Å². The lowest BCUT2D eigenvalue weighted by atomic mass is 10.2. The highest BCUT2D eigenvalue weighted by Gasteiger charge is 2.14. The largest absolute Gasteiger partial charge is 0.508 e. The Labute approximate surface area is 137 Å². The van der Waals surface area contributed by atoms with E-state index in [0.717, 1.165) is 16.3 Å². The highest BCUT2D eigenvalue weighted by atomic mass is 32.1. The predicted octanol–water partition coefficient (Wildman–Crippen LogP) is 3.31. The Balaban J connectivity index is 1.61. The summed E-state index contributed by atoms with van der Waals surface area (Å²) < 4.78 is 5.31. The number of amides is 1. The number of likely N-dealkylation sites (N-methyl/N-ethyl adjacent to an activating group) is 1. The lowest BCUT2D eigenvalue weighted by Gasteiger charge is -2.16. The summed E-state index contributed by atoms with van der Waals surface area (Å²) in [6, 6.07) is 10.5. The number of carbonyl (C=O) groups is 1. The van der Waals surface area contributed by atoms with Gasteiger partial charge in [-0.3, -0.25) is 4.79 Å². The van der Waals surface area contributed by atoms with E-state index in [0.29, 0.717) is 12.3 Å². The van der Waals surface area contributed by atoms with Crippen LogP contribution in [0.25, 0.3) is 10.8 Å². The molecule has 0 fully saturated rings. The molecule has 0 spiro atoms. The summed E-state index contributed by atoms with van der Waals surface area (Å²) in [5.41, 5.74) is 1.71. The van der Waals surface area contributed by atoms with E-state index in [-0.39, 0.29) is 18.1 Å². The van der Waals surface area contributed by atoms with Crippen LogP contribution < -0.4 is 0 Å². The number of carbonyl (C=O) groups excluding carboxylic acids is 1. The zero-order valence-corrected chi connectivity index (χ0v) is 13.4. The first-order valence-corrected chi connectivity index (χ1v) is 8.00. The molecule has 118 valence electrons. The number of hydrogen-bond acceptors (Lipinski definition) is 5. The zero-order chi connectivity index (χ0) is 16.2. The first kappa shape index (κ1) is 15.3. The van der Waals surface area contributed by atoms with Crippen LogP contribution in [0.3, 0.4) is 0 Å². The topological polar surface area (TPSA) is 66.6 Å². The summed E-state index contributed by atoms with van der Waals surface area (Å²) in [4.78, 5) is 18.4. The van der Waals surface area contributed by atoms with Crippen molar-refractivity contribution in [3.8, 4) is 16.5 Å². The maximum Gasteiger partial charge on any atom is 0.228 e. The summed E-state index contributed by atoms with van der Waals surface area (Å²) in [7, 11) is 1.76. The number of phenols is 1. The minimum Gasteiger partial charge on any atom is -0.508 e. The normalized spacial score (nSPS) is 10.7. The Morgan fingerprint density at radius 1 is 1.30 bits per heavy atom. The van der Waals surface area contributed by atoms with E-state index in [4.69, 9.17) is 4.42 Å². The summed E-state index contributed by atoms with van der Waals surface area (Å²) in [6.45, 7) is 0.494. The number of hydrogen-bond donors (Lipinski definition) is 1. The second-order valence-electron chi connectivity index (χ2n) is 5.21. The average molecular weight is 328 g/mol. The van der Waals surface area contributed by atoms with Gasteiger partial charge in [-0.15, -0.1) is 11.3 Å². The Morgan fingerprint density at radius 3 is 2.78 bits per heavy atom. The quantitative estimate of drug-likeness (QED) is 0.780. The SMILES string of the molecule is CN(Cc1ccc(O)cc1)C(=O)Cc1csc(-c2ccco2)n1. The van der Waals surface area contributed by atoms with Gasteiger partial charge in [-0.05, 0) is 29.8 Å². The number of benzene rings is 1. The van der Waals surface area contributed by atoms with Crippen LogP contribution in [0.4, 0.5) is 0 Å². The molecule has 2 heterocycles. The summed E-state index contributed by atoms with van der Waals surface area (Å²) in [5.74, 6) is 0.927. The van der Waals surface area contributed by atoms with Crippen molar-refractivity contribution in [2.75, 3.05) is 7.05 Å². The monoisotopic (exact) mass is 328 g/mol. The van der Waals surface area contributed by atoms with Crippen molar-refractivity contribution >= 4 is 17.2 Å². The van der Waals surface area contributed by atoms with Gasteiger partial charge in [0.2, 0.25) is 5.91 Å². The minimum atomic E-state index is -0.00521. The minimum absolute atomic E-state index is 0.00521. The molecule has 0 saturated heterocycles. The standard InChI is InChI=1S/C17H16N2O3S/c1-19(10-12-4-6-14(20)7-5-12)16(21)9-13-11-23-17(18-13)15-3-2-8-22-15/h2-8,11,20H,9-10H2,1H3. The molecule has 1 N–H and O–H groups in total. The third-order valence-electron chi connectivity index (χ3n) is 3.40. The molecule has 0 aliphatic heterocycles. The van der Waals surface area contributed by atoms with Crippen molar-refractivity contribution in [1.29, 1.82) is 0 Å². The fraction of sp³-hybridized carbons (Fsp3) is 0.176. The molecule has 0 saturated carbocycles. The first-order chi connectivity index (χ1) is 11.1. The molecule has 6 heteroatoms. The van der Waals surface area contributed by atoms with Crippen LogP contribution >= 0.6 is 11.3 Å². The van der Waals surface area contributed by atoms with E-state index in [9.17, 15) is 9.90 Å². The van der Waals surface area contributed by atoms with Gasteiger partial charge in [-0.25, -0.2) is 4.98 Å². The summed E-state index contributed by atoms with van der Waals surface area (Å²) >= 11 is 1.46. The van der Waals surface area contributed by atoms with Gasteiger partial charge in [0.15, 0.2) is 10.8 Å². The van der Waals surface area contributed by atoms with Gasteiger partial charge in [-0.1, -0.05) is 12.1 Å². The van der Waals surface area contributed by atoms with E-state index in [1.807, 2.05) is 17.5 Å². The van der Waals surface area contributed by atoms with Crippen molar-refractivity contribution in [3.63, 3.8) is 0 Å². The van der Waals surface area contributed by atoms with Gasteiger partial charge in [0.1, 0.15) is 5.75 Å². The third kappa shape index (κ3) is 3.78. The van der Waals surface area contributed by atoms with Gasteiger partial charge in [0.25, 0.3) is 0 Å². The second-order valence-corrected chi connectivity index (χ2v) is 6.07. The van der Waals surface area contributed by atoms with Gasteiger partial charge in [-0.2, -0.15) is 0 Å². The number of nitrogens with zero attached hydrogens (tertiary/aromatic N) is 2. The third-order valence-corrected chi connectivity index (χ3v) is 4.30. The molecule has 5 nitrogen and oxygen atoms in total. The molecule has 0 aliphatic carbocycles. The highest BCUT2D eigenvalue weighted by Crippen LogP contribution is 2.24. The van der Waals surface area contributed by atoms with Gasteiger partial charge >= 0.3 is 0 Å². The van der Waals surface area contributed by atoms with E-state index < -0.39 is 0 Å². The highest BCUT2D eigenvalue weighted by molar-refractivity contribution is 7.13. The number of aromatic hydroxyl groups is 1. The van der Waals surface area contributed by atoms with Crippen molar-refractivity contribution in [3.05, 3.63) is 59.3 Å². The number of phenolic OH excluding ortho intramolecular Hbond substituents is 1. The number of aromatic nitrogens is 1. The van der Waals surface area contributed by atoms with Crippen LogP contribution in [0.2, 0.25) is 0 Å². The van der Waals surface area contributed by atoms with E-state index in [2.05, 4.69) is 4.98 Å². The zero-order valence-electron chi connectivity index (χ0n) is 12.6. The Hall–Kier alpha value is -2.60. The fourth-order valence-electron chi connectivity index (χ4n) is 2.15. The molecule has 23 heavy (non-hydrogen) atoms. The maximum absolute atomic E-state index is 12.3. The number of furan rings is 1. The predicted molar refractivity (Wildman–Crippen MR) is 88.1 cm³/mol. The van der Waals surface area contributed by atoms with E-state index in [1.165, 1.54) is 11.3 Å². The first-order valence-electron chi connectivity index (χ1n) is 7.12. The summed E-state index contributed by atoms with van der Waals surface area (Å²) in [6.07, 6.45) is 1.86. The Morgan fingerprint density at radius 2 is 2.09 bits per heavy atom. The molecule has 1 amide bonds. The van der Waals surface area contributed by atoms with Gasteiger partial charge in [0, 0.05) is 19.0 Å². The van der Waals surface area contributed by atoms with Crippen LogP contribution in [0.1, 0.15) is 11.3 Å². The maximum atomic E-state index is 12.3. The van der Waals surface area contributed by atoms with Crippen LogP contribution in [0.5, 0.6) is 5.75 Å². The van der Waals surface area contributed by atoms with Crippen molar-refractivity contribution in [2.45, 2.75) is 13.0 Å². The van der Waals surface area contributed by atoms with Crippen LogP contribution in [0, 0.1) is 0 Å². The smallest absolute Gasteiger partial charge is 0.228 e. The van der Waals surface area contributed by atoms with Gasteiger partial charge in [0.05, 0.1) is 18.4 Å². The molecule has 2 aromatic heterocycles. The van der Waals surface area contributed by atoms with Crippen molar-refractivity contribution < 1.29 is 14.3 Å². The molecule has 0 bridgehead atoms. The lowest BCUT2D eigenvalue weighted by molar-refractivity contribution is -0.129. The molecule has 0 aliphatic rings. The van der Waals surface area contributed by atoms with Crippen LogP contribution in [-0.2, 0) is 17.8 Å². The lowest BCUT2D eigenvalue weighted by Crippen LogP contribution is -2.27. The molecular weight excluding hydrogens is 312 g/mol. The van der Waals surface area contributed by atoms with Gasteiger partial charge < -0.3 is 14.4 Å². The molecular formula is C17H16N2O3S. The second kappa shape index (κ2) is 6.66. The summed E-state index contributed by atoms with van der Waals surface area (Å²) in [5, 5.41) is 11.9. The van der Waals surface area contributed by atoms with Crippen molar-refractivity contribution in [1.82, 2.24) is 9.88 Å². The van der Waals surface area contributed by atoms with Crippen molar-refractivity contribution in [2.24, 2.45) is 0 Å². The fourth-order valence-corrected chi connectivity index (χ4v) is 2.94. The van der Waals surface area contributed by atoms with Crippen LogP contribution in [0.15, 0.2) is 52.5 Å². The number of rotatable bonds is 5. The molecule has 1 aromatic carbocycles. The molecule has 0 atom stereocenters.